The largest absolute Gasteiger partial charge is 0.494 e. The summed E-state index contributed by atoms with van der Waals surface area (Å²) in [5.74, 6) is -1.27. The number of carbonyl (C=O) groups excluding carboxylic acids is 1. The summed E-state index contributed by atoms with van der Waals surface area (Å²) in [4.78, 5) is 38.3. The number of rotatable bonds is 8. The number of anilines is 1. The minimum absolute atomic E-state index is 0.144. The van der Waals surface area contributed by atoms with E-state index < -0.39 is 11.9 Å². The molecule has 10 nitrogen and oxygen atoms in total. The van der Waals surface area contributed by atoms with Gasteiger partial charge in [-0.3, -0.25) is 9.69 Å². The Balaban J connectivity index is 0.000000631. The van der Waals surface area contributed by atoms with E-state index in [0.29, 0.717) is 19.1 Å². The van der Waals surface area contributed by atoms with Gasteiger partial charge in [-0.1, -0.05) is 30.3 Å². The Morgan fingerprint density at radius 2 is 1.31 bits per heavy atom. The molecule has 0 unspecified atom stereocenters. The van der Waals surface area contributed by atoms with Gasteiger partial charge in [0, 0.05) is 44.2 Å². The number of carbonyl (C=O) groups is 3. The first-order valence-electron chi connectivity index (χ1n) is 13.5. The van der Waals surface area contributed by atoms with Gasteiger partial charge in [-0.15, -0.1) is 0 Å². The smallest absolute Gasteiger partial charge is 0.414 e. The van der Waals surface area contributed by atoms with Gasteiger partial charge in [-0.25, -0.2) is 9.59 Å². The summed E-state index contributed by atoms with van der Waals surface area (Å²) in [6.45, 7) is 11.4. The number of para-hydroxylation sites is 3. The molecule has 2 aliphatic rings. The number of piperazine rings is 1. The Labute approximate surface area is 229 Å². The van der Waals surface area contributed by atoms with Crippen LogP contribution in [0.4, 0.5) is 5.69 Å². The number of ether oxygens (including phenoxy) is 2. The third-order valence-corrected chi connectivity index (χ3v) is 6.88. The van der Waals surface area contributed by atoms with Crippen molar-refractivity contribution in [2.75, 3.05) is 57.4 Å². The molecule has 39 heavy (non-hydrogen) atoms. The predicted octanol–water partition coefficient (Wildman–Crippen LogP) is 3.20. The van der Waals surface area contributed by atoms with Gasteiger partial charge in [-0.2, -0.15) is 0 Å². The molecule has 0 spiro atoms. The molecule has 0 saturated carbocycles. The van der Waals surface area contributed by atoms with Gasteiger partial charge in [0.25, 0.3) is 0 Å². The molecular weight excluding hydrogens is 502 g/mol. The lowest BCUT2D eigenvalue weighted by Gasteiger charge is -2.39. The van der Waals surface area contributed by atoms with Gasteiger partial charge in [0.05, 0.1) is 18.9 Å². The number of benzene rings is 2. The summed E-state index contributed by atoms with van der Waals surface area (Å²) in [6, 6.07) is 16.5. The minimum atomic E-state index is -1.82. The molecule has 2 heterocycles. The van der Waals surface area contributed by atoms with E-state index >= 15 is 0 Å². The molecule has 0 aliphatic carbocycles. The minimum Gasteiger partial charge on any atom is -0.494 e. The van der Waals surface area contributed by atoms with Crippen molar-refractivity contribution in [1.29, 1.82) is 0 Å². The van der Waals surface area contributed by atoms with Crippen molar-refractivity contribution in [2.24, 2.45) is 5.92 Å². The number of amides is 1. The van der Waals surface area contributed by atoms with Gasteiger partial charge in [0.15, 0.2) is 0 Å². The highest BCUT2D eigenvalue weighted by Gasteiger charge is 2.31. The van der Waals surface area contributed by atoms with Gasteiger partial charge < -0.3 is 29.5 Å². The van der Waals surface area contributed by atoms with E-state index in [0.717, 1.165) is 75.8 Å². The van der Waals surface area contributed by atoms with Gasteiger partial charge in [0.1, 0.15) is 11.5 Å². The van der Waals surface area contributed by atoms with Crippen molar-refractivity contribution < 1.29 is 34.1 Å². The molecule has 2 fully saturated rings. The second-order valence-corrected chi connectivity index (χ2v) is 9.41. The van der Waals surface area contributed by atoms with Gasteiger partial charge >= 0.3 is 11.9 Å². The van der Waals surface area contributed by atoms with E-state index in [1.54, 1.807) is 0 Å². The van der Waals surface area contributed by atoms with E-state index in [2.05, 4.69) is 39.0 Å². The van der Waals surface area contributed by atoms with E-state index in [1.165, 1.54) is 5.56 Å². The Morgan fingerprint density at radius 3 is 1.90 bits per heavy atom. The molecule has 2 N–H and O–H groups in total. The number of hydrogen-bond donors (Lipinski definition) is 2. The maximum Gasteiger partial charge on any atom is 0.414 e. The van der Waals surface area contributed by atoms with Crippen LogP contribution in [0.2, 0.25) is 0 Å². The molecule has 1 amide bonds. The molecule has 0 atom stereocenters. The van der Waals surface area contributed by atoms with Crippen LogP contribution in [0.5, 0.6) is 11.5 Å². The first kappa shape index (κ1) is 29.8. The van der Waals surface area contributed by atoms with Crippen LogP contribution in [0.25, 0.3) is 0 Å². The Morgan fingerprint density at radius 1 is 0.769 bits per heavy atom. The van der Waals surface area contributed by atoms with Gasteiger partial charge in [-0.05, 0) is 58.0 Å². The normalized spacial score (nSPS) is 16.2. The molecule has 2 aromatic carbocycles. The number of aliphatic carboxylic acids is 2. The van der Waals surface area contributed by atoms with Crippen LogP contribution in [0.3, 0.4) is 0 Å². The summed E-state index contributed by atoms with van der Waals surface area (Å²) in [6.07, 6.45) is 1.87. The predicted molar refractivity (Wildman–Crippen MR) is 147 cm³/mol. The van der Waals surface area contributed by atoms with E-state index in [1.807, 2.05) is 38.1 Å². The highest BCUT2D eigenvalue weighted by atomic mass is 16.5. The number of nitrogens with zero attached hydrogens (tertiary/aromatic N) is 3. The zero-order chi connectivity index (χ0) is 28.2. The van der Waals surface area contributed by atoms with Crippen molar-refractivity contribution in [3.05, 3.63) is 54.1 Å². The van der Waals surface area contributed by atoms with Crippen LogP contribution in [0.15, 0.2) is 48.5 Å². The highest BCUT2D eigenvalue weighted by Crippen LogP contribution is 2.30. The number of piperidine rings is 1. The van der Waals surface area contributed by atoms with Crippen molar-refractivity contribution >= 4 is 23.5 Å². The van der Waals surface area contributed by atoms with Crippen LogP contribution >= 0.6 is 0 Å². The third kappa shape index (κ3) is 8.61. The topological polar surface area (TPSA) is 120 Å². The average molecular weight is 542 g/mol. The fourth-order valence-electron chi connectivity index (χ4n) is 4.93. The SMILES string of the molecule is CCOc1ccccc1CN1CCC(C(=O)N2CCN(c3ccccc3OCC)CC2)CC1.O=C(O)C(=O)O. The maximum absolute atomic E-state index is 13.2. The molecule has 0 bridgehead atoms. The quantitative estimate of drug-likeness (QED) is 0.486. The lowest BCUT2D eigenvalue weighted by molar-refractivity contribution is -0.159. The van der Waals surface area contributed by atoms with Crippen molar-refractivity contribution in [2.45, 2.75) is 33.2 Å². The van der Waals surface area contributed by atoms with Gasteiger partial charge in [0.2, 0.25) is 5.91 Å². The third-order valence-electron chi connectivity index (χ3n) is 6.88. The summed E-state index contributed by atoms with van der Waals surface area (Å²) in [7, 11) is 0. The molecule has 0 radical (unpaired) electrons. The zero-order valence-corrected chi connectivity index (χ0v) is 22.8. The highest BCUT2D eigenvalue weighted by molar-refractivity contribution is 6.27. The zero-order valence-electron chi connectivity index (χ0n) is 22.8. The first-order valence-corrected chi connectivity index (χ1v) is 13.5. The fourth-order valence-corrected chi connectivity index (χ4v) is 4.93. The van der Waals surface area contributed by atoms with Crippen LogP contribution in [0, 0.1) is 5.92 Å². The molecule has 10 heteroatoms. The van der Waals surface area contributed by atoms with Crippen LogP contribution in [0.1, 0.15) is 32.3 Å². The Kier molecular flexibility index (Phi) is 11.4. The summed E-state index contributed by atoms with van der Waals surface area (Å²) in [5, 5.41) is 14.8. The summed E-state index contributed by atoms with van der Waals surface area (Å²) < 4.78 is 11.6. The number of carboxylic acid groups (broad SMARTS) is 2. The van der Waals surface area contributed by atoms with Crippen molar-refractivity contribution in [1.82, 2.24) is 9.80 Å². The Bertz CT molecular complexity index is 1080. The summed E-state index contributed by atoms with van der Waals surface area (Å²) >= 11 is 0. The second-order valence-electron chi connectivity index (χ2n) is 9.41. The molecule has 0 aromatic heterocycles. The first-order chi connectivity index (χ1) is 18.8. The molecule has 2 saturated heterocycles. The molecule has 212 valence electrons. The molecule has 2 aliphatic heterocycles. The van der Waals surface area contributed by atoms with Crippen LogP contribution in [-0.2, 0) is 20.9 Å². The second kappa shape index (κ2) is 15.0. The van der Waals surface area contributed by atoms with Crippen molar-refractivity contribution in [3.63, 3.8) is 0 Å². The monoisotopic (exact) mass is 541 g/mol. The maximum atomic E-state index is 13.2. The summed E-state index contributed by atoms with van der Waals surface area (Å²) in [5.41, 5.74) is 2.36. The lowest BCUT2D eigenvalue weighted by Crippen LogP contribution is -2.51. The lowest BCUT2D eigenvalue weighted by atomic mass is 9.94. The van der Waals surface area contributed by atoms with E-state index in [9.17, 15) is 4.79 Å². The number of likely N-dealkylation sites (tertiary alicyclic amines) is 1. The number of carboxylic acids is 2. The van der Waals surface area contributed by atoms with E-state index in [4.69, 9.17) is 29.3 Å². The van der Waals surface area contributed by atoms with Crippen LogP contribution in [-0.4, -0.2) is 90.3 Å². The Hall–Kier alpha value is -3.79. The van der Waals surface area contributed by atoms with Crippen LogP contribution < -0.4 is 14.4 Å². The number of hydrogen-bond acceptors (Lipinski definition) is 7. The molecule has 4 rings (SSSR count). The average Bonchev–Trinajstić information content (AvgIpc) is 2.95. The molecular formula is C29H39N3O7. The van der Waals surface area contributed by atoms with E-state index in [-0.39, 0.29) is 5.92 Å². The van der Waals surface area contributed by atoms with Crippen molar-refractivity contribution in [3.8, 4) is 11.5 Å². The fraction of sp³-hybridized carbons (Fsp3) is 0.483. The molecule has 2 aromatic rings. The standard InChI is InChI=1S/C27H37N3O3.C2H2O4/c1-3-32-25-11-7-5-9-23(25)21-28-15-13-22(14-16-28)27(31)30-19-17-29(18-20-30)24-10-6-8-12-26(24)33-4-2;3-1(4)2(5)6/h5-12,22H,3-4,13-21H2,1-2H3;(H,3,4)(H,5,6).